The lowest BCUT2D eigenvalue weighted by Gasteiger charge is -2.08. The fourth-order valence-corrected chi connectivity index (χ4v) is 2.29. The molecule has 3 aromatic rings. The molecule has 3 rings (SSSR count). The maximum atomic E-state index is 13.2. The van der Waals surface area contributed by atoms with Crippen molar-refractivity contribution in [2.75, 3.05) is 12.4 Å². The van der Waals surface area contributed by atoms with E-state index in [2.05, 4.69) is 15.0 Å². The maximum Gasteiger partial charge on any atom is 0.339 e. The number of aromatic amines is 1. The van der Waals surface area contributed by atoms with Gasteiger partial charge in [0.25, 0.3) is 5.91 Å². The molecule has 1 aromatic heterocycles. The number of benzene rings is 2. The first kappa shape index (κ1) is 14.8. The highest BCUT2D eigenvalue weighted by atomic mass is 19.1. The van der Waals surface area contributed by atoms with Crippen LogP contribution < -0.4 is 5.32 Å². The first-order chi connectivity index (χ1) is 11.1. The Bertz CT molecular complexity index is 902. The van der Waals surface area contributed by atoms with Gasteiger partial charge in [0.15, 0.2) is 0 Å². The van der Waals surface area contributed by atoms with Crippen LogP contribution in [0.4, 0.5) is 10.1 Å². The van der Waals surface area contributed by atoms with Crippen LogP contribution in [0, 0.1) is 5.82 Å². The predicted molar refractivity (Wildman–Crippen MR) is 84.0 cm³/mol. The number of halogens is 1. The van der Waals surface area contributed by atoms with Gasteiger partial charge in [0.1, 0.15) is 11.5 Å². The number of hydrogen-bond donors (Lipinski definition) is 2. The molecule has 2 N–H and O–H groups in total. The van der Waals surface area contributed by atoms with Crippen LogP contribution >= 0.6 is 0 Å². The van der Waals surface area contributed by atoms with Crippen LogP contribution in [-0.4, -0.2) is 24.0 Å². The molecule has 0 aliphatic rings. The van der Waals surface area contributed by atoms with Gasteiger partial charge in [-0.15, -0.1) is 0 Å². The number of H-pyrrole nitrogens is 1. The normalized spacial score (nSPS) is 10.5. The van der Waals surface area contributed by atoms with Gasteiger partial charge in [0.2, 0.25) is 0 Å². The van der Waals surface area contributed by atoms with E-state index in [0.29, 0.717) is 11.2 Å². The van der Waals surface area contributed by atoms with Crippen LogP contribution in [0.25, 0.3) is 10.9 Å². The number of para-hydroxylation sites is 1. The van der Waals surface area contributed by atoms with E-state index in [1.165, 1.54) is 19.2 Å². The number of rotatable bonds is 3. The standard InChI is InChI=1S/C17H13FN2O3/c1-23-17(22)12-4-2-3-5-13(12)20-16(21)15-8-10-6-7-11(18)9-14(10)19-15/h2-9,19H,1H3,(H,20,21). The first-order valence-electron chi connectivity index (χ1n) is 6.85. The van der Waals surface area contributed by atoms with Crippen LogP contribution in [0.15, 0.2) is 48.5 Å². The Morgan fingerprint density at radius 2 is 1.91 bits per heavy atom. The Kier molecular flexibility index (Phi) is 3.80. The fraction of sp³-hybridized carbons (Fsp3) is 0.0588. The van der Waals surface area contributed by atoms with Gasteiger partial charge in [-0.1, -0.05) is 12.1 Å². The van der Waals surface area contributed by atoms with Crippen molar-refractivity contribution >= 4 is 28.5 Å². The highest BCUT2D eigenvalue weighted by molar-refractivity contribution is 6.08. The number of ether oxygens (including phenoxy) is 1. The van der Waals surface area contributed by atoms with Crippen LogP contribution in [0.5, 0.6) is 0 Å². The van der Waals surface area contributed by atoms with Gasteiger partial charge in [-0.05, 0) is 36.4 Å². The summed E-state index contributed by atoms with van der Waals surface area (Å²) in [7, 11) is 1.27. The van der Waals surface area contributed by atoms with E-state index >= 15 is 0 Å². The second-order valence-corrected chi connectivity index (χ2v) is 4.91. The lowest BCUT2D eigenvalue weighted by atomic mass is 10.1. The number of esters is 1. The summed E-state index contributed by atoms with van der Waals surface area (Å²) in [6, 6.07) is 12.4. The van der Waals surface area contributed by atoms with E-state index in [4.69, 9.17) is 0 Å². The van der Waals surface area contributed by atoms with Gasteiger partial charge in [-0.3, -0.25) is 4.79 Å². The number of methoxy groups -OCH3 is 1. The van der Waals surface area contributed by atoms with E-state index < -0.39 is 11.9 Å². The number of anilines is 1. The minimum absolute atomic E-state index is 0.255. The second kappa shape index (κ2) is 5.92. The summed E-state index contributed by atoms with van der Waals surface area (Å²) < 4.78 is 17.9. The molecule has 0 saturated carbocycles. The summed E-state index contributed by atoms with van der Waals surface area (Å²) in [6.45, 7) is 0. The van der Waals surface area contributed by atoms with Crippen LogP contribution in [0.1, 0.15) is 20.8 Å². The highest BCUT2D eigenvalue weighted by Crippen LogP contribution is 2.20. The zero-order valence-electron chi connectivity index (χ0n) is 12.2. The number of fused-ring (bicyclic) bond motifs is 1. The third-order valence-electron chi connectivity index (χ3n) is 3.41. The fourth-order valence-electron chi connectivity index (χ4n) is 2.29. The van der Waals surface area contributed by atoms with Crippen molar-refractivity contribution in [3.05, 3.63) is 65.6 Å². The number of carbonyl (C=O) groups is 2. The Hall–Kier alpha value is -3.15. The molecule has 1 heterocycles. The minimum atomic E-state index is -0.542. The molecule has 23 heavy (non-hydrogen) atoms. The van der Waals surface area contributed by atoms with Gasteiger partial charge < -0.3 is 15.0 Å². The van der Waals surface area contributed by atoms with Crippen molar-refractivity contribution in [1.29, 1.82) is 0 Å². The quantitative estimate of drug-likeness (QED) is 0.729. The molecule has 0 atom stereocenters. The number of aromatic nitrogens is 1. The van der Waals surface area contributed by atoms with Gasteiger partial charge in [0.05, 0.1) is 18.4 Å². The lowest BCUT2D eigenvalue weighted by Crippen LogP contribution is -2.15. The zero-order valence-corrected chi connectivity index (χ0v) is 12.2. The van der Waals surface area contributed by atoms with Crippen molar-refractivity contribution in [3.8, 4) is 0 Å². The topological polar surface area (TPSA) is 71.2 Å². The lowest BCUT2D eigenvalue weighted by molar-refractivity contribution is 0.0602. The van der Waals surface area contributed by atoms with E-state index in [9.17, 15) is 14.0 Å². The van der Waals surface area contributed by atoms with Crippen molar-refractivity contribution in [2.24, 2.45) is 0 Å². The summed E-state index contributed by atoms with van der Waals surface area (Å²) in [5.41, 5.74) is 1.39. The molecule has 0 saturated heterocycles. The van der Waals surface area contributed by atoms with Crippen LogP contribution in [-0.2, 0) is 4.74 Å². The summed E-state index contributed by atoms with van der Waals surface area (Å²) in [5.74, 6) is -1.36. The molecule has 5 nitrogen and oxygen atoms in total. The van der Waals surface area contributed by atoms with Gasteiger partial charge in [0, 0.05) is 10.9 Å². The third-order valence-corrected chi connectivity index (χ3v) is 3.41. The van der Waals surface area contributed by atoms with Crippen molar-refractivity contribution in [1.82, 2.24) is 4.98 Å². The SMILES string of the molecule is COC(=O)c1ccccc1NC(=O)c1cc2ccc(F)cc2[nH]1. The van der Waals surface area contributed by atoms with Crippen LogP contribution in [0.3, 0.4) is 0 Å². The number of hydrogen-bond acceptors (Lipinski definition) is 3. The van der Waals surface area contributed by atoms with E-state index in [1.54, 1.807) is 36.4 Å². The number of amides is 1. The van der Waals surface area contributed by atoms with Crippen molar-refractivity contribution in [3.63, 3.8) is 0 Å². The van der Waals surface area contributed by atoms with Crippen molar-refractivity contribution < 1.29 is 18.7 Å². The van der Waals surface area contributed by atoms with Crippen molar-refractivity contribution in [2.45, 2.75) is 0 Å². The molecular weight excluding hydrogens is 299 g/mol. The van der Waals surface area contributed by atoms with Gasteiger partial charge in [-0.25, -0.2) is 9.18 Å². The Balaban J connectivity index is 1.90. The zero-order chi connectivity index (χ0) is 16.4. The Labute approximate surface area is 131 Å². The molecule has 0 unspecified atom stereocenters. The molecule has 0 fully saturated rings. The summed E-state index contributed by atoms with van der Waals surface area (Å²) in [4.78, 5) is 26.9. The summed E-state index contributed by atoms with van der Waals surface area (Å²) in [6.07, 6.45) is 0. The average molecular weight is 312 g/mol. The molecule has 0 bridgehead atoms. The summed E-state index contributed by atoms with van der Waals surface area (Å²) in [5, 5.41) is 3.37. The molecule has 0 radical (unpaired) electrons. The Morgan fingerprint density at radius 1 is 1.13 bits per heavy atom. The molecule has 0 aliphatic heterocycles. The van der Waals surface area contributed by atoms with Crippen LogP contribution in [0.2, 0.25) is 0 Å². The first-order valence-corrected chi connectivity index (χ1v) is 6.85. The Morgan fingerprint density at radius 3 is 2.70 bits per heavy atom. The molecule has 116 valence electrons. The monoisotopic (exact) mass is 312 g/mol. The molecule has 1 amide bonds. The molecular formula is C17H13FN2O3. The molecule has 0 spiro atoms. The van der Waals surface area contributed by atoms with Gasteiger partial charge >= 0.3 is 5.97 Å². The van der Waals surface area contributed by atoms with E-state index in [-0.39, 0.29) is 17.1 Å². The smallest absolute Gasteiger partial charge is 0.339 e. The number of nitrogens with one attached hydrogen (secondary N) is 2. The van der Waals surface area contributed by atoms with Gasteiger partial charge in [-0.2, -0.15) is 0 Å². The van der Waals surface area contributed by atoms with E-state index in [1.807, 2.05) is 0 Å². The maximum absolute atomic E-state index is 13.2. The second-order valence-electron chi connectivity index (χ2n) is 4.91. The summed E-state index contributed by atoms with van der Waals surface area (Å²) >= 11 is 0. The molecule has 0 aliphatic carbocycles. The number of carbonyl (C=O) groups excluding carboxylic acids is 2. The average Bonchev–Trinajstić information content (AvgIpc) is 2.98. The molecule has 2 aromatic carbocycles. The van der Waals surface area contributed by atoms with E-state index in [0.717, 1.165) is 5.39 Å². The minimum Gasteiger partial charge on any atom is -0.465 e. The largest absolute Gasteiger partial charge is 0.465 e. The third kappa shape index (κ3) is 2.91. The predicted octanol–water partition coefficient (Wildman–Crippen LogP) is 3.35. The molecule has 6 heteroatoms. The highest BCUT2D eigenvalue weighted by Gasteiger charge is 2.15.